The molecule has 1 N–H and O–H groups in total. The number of hydrogen-bond acceptors (Lipinski definition) is 4. The van der Waals surface area contributed by atoms with E-state index >= 15 is 0 Å². The van der Waals surface area contributed by atoms with Crippen molar-refractivity contribution in [3.05, 3.63) is 30.1 Å². The number of fused-ring (bicyclic) bond motifs is 3. The molecule has 3 atom stereocenters. The first-order valence-corrected chi connectivity index (χ1v) is 11.0. The van der Waals surface area contributed by atoms with E-state index in [2.05, 4.69) is 17.2 Å². The number of rotatable bonds is 6. The maximum absolute atomic E-state index is 13.6. The molecular formula is C23H32N4O3. The van der Waals surface area contributed by atoms with Gasteiger partial charge in [0, 0.05) is 26.3 Å². The largest absolute Gasteiger partial charge is 0.385 e. The van der Waals surface area contributed by atoms with E-state index < -0.39 is 5.54 Å². The van der Waals surface area contributed by atoms with Crippen LogP contribution in [0.25, 0.3) is 11.0 Å². The van der Waals surface area contributed by atoms with Gasteiger partial charge in [-0.2, -0.15) is 0 Å². The summed E-state index contributed by atoms with van der Waals surface area (Å²) in [5.74, 6) is 0.598. The number of methoxy groups -OCH3 is 1. The number of aromatic nitrogens is 2. The van der Waals surface area contributed by atoms with Crippen LogP contribution >= 0.6 is 0 Å². The number of hydrogen-bond donors (Lipinski definition) is 1. The molecule has 1 aliphatic carbocycles. The van der Waals surface area contributed by atoms with Crippen LogP contribution in [0.5, 0.6) is 0 Å². The van der Waals surface area contributed by atoms with Crippen LogP contribution in [0.4, 0.5) is 0 Å². The molecule has 0 unspecified atom stereocenters. The molecular weight excluding hydrogens is 380 g/mol. The topological polar surface area (TPSA) is 76.5 Å². The summed E-state index contributed by atoms with van der Waals surface area (Å²) in [7, 11) is 1.65. The number of nitrogens with zero attached hydrogens (tertiary/aromatic N) is 3. The fourth-order valence-electron chi connectivity index (χ4n) is 4.90. The van der Waals surface area contributed by atoms with Gasteiger partial charge in [0.05, 0.1) is 17.6 Å². The standard InChI is InChI=1S/C23H32N4O3/c1-16-9-4-5-10-17(16)25-22(29)23(2)15-26-19-12-7-6-11-18(19)24-20(26)21(28)27(23)13-8-14-30-3/h6-7,11-12,16-17H,4-5,8-10,13-15H2,1-3H3,(H,25,29)/t16-,17-,23+/m0/s1. The van der Waals surface area contributed by atoms with Crippen molar-refractivity contribution in [1.82, 2.24) is 19.8 Å². The Morgan fingerprint density at radius 3 is 2.83 bits per heavy atom. The van der Waals surface area contributed by atoms with Gasteiger partial charge in [0.25, 0.3) is 5.91 Å². The summed E-state index contributed by atoms with van der Waals surface area (Å²) in [5.41, 5.74) is 0.698. The van der Waals surface area contributed by atoms with Crippen molar-refractivity contribution in [3.8, 4) is 0 Å². The van der Waals surface area contributed by atoms with E-state index in [1.165, 1.54) is 6.42 Å². The normalized spacial score (nSPS) is 26.6. The van der Waals surface area contributed by atoms with E-state index in [1.807, 2.05) is 35.8 Å². The van der Waals surface area contributed by atoms with Crippen molar-refractivity contribution < 1.29 is 14.3 Å². The van der Waals surface area contributed by atoms with Gasteiger partial charge < -0.3 is 19.5 Å². The van der Waals surface area contributed by atoms with Crippen LogP contribution < -0.4 is 5.32 Å². The second-order valence-corrected chi connectivity index (χ2v) is 8.93. The molecule has 162 valence electrons. The van der Waals surface area contributed by atoms with Crippen LogP contribution in [0, 0.1) is 5.92 Å². The molecule has 1 aromatic heterocycles. The third-order valence-corrected chi connectivity index (χ3v) is 6.80. The Labute approximate surface area is 177 Å². The molecule has 4 rings (SSSR count). The van der Waals surface area contributed by atoms with Gasteiger partial charge in [-0.05, 0) is 44.2 Å². The zero-order valence-corrected chi connectivity index (χ0v) is 18.2. The molecule has 7 heteroatoms. The second kappa shape index (κ2) is 8.38. The lowest BCUT2D eigenvalue weighted by atomic mass is 9.85. The zero-order chi connectivity index (χ0) is 21.3. The number of ether oxygens (including phenoxy) is 1. The average molecular weight is 413 g/mol. The van der Waals surface area contributed by atoms with E-state index in [1.54, 1.807) is 12.0 Å². The summed E-state index contributed by atoms with van der Waals surface area (Å²) in [5, 5.41) is 3.29. The van der Waals surface area contributed by atoms with Gasteiger partial charge in [0.2, 0.25) is 5.91 Å². The SMILES string of the molecule is COCCCN1C(=O)c2nc3ccccc3n2C[C@]1(C)C(=O)N[C@H]1CCCC[C@@H]1C. The summed E-state index contributed by atoms with van der Waals surface area (Å²) in [6.45, 7) is 5.49. The van der Waals surface area contributed by atoms with Gasteiger partial charge in [0.15, 0.2) is 5.82 Å². The second-order valence-electron chi connectivity index (χ2n) is 8.93. The lowest BCUT2D eigenvalue weighted by Crippen LogP contribution is -2.65. The maximum atomic E-state index is 13.6. The van der Waals surface area contributed by atoms with Crippen LogP contribution in [0.3, 0.4) is 0 Å². The van der Waals surface area contributed by atoms with Gasteiger partial charge in [-0.25, -0.2) is 4.98 Å². The molecule has 1 aliphatic heterocycles. The summed E-state index contributed by atoms with van der Waals surface area (Å²) in [4.78, 5) is 33.4. The van der Waals surface area contributed by atoms with Crippen molar-refractivity contribution in [2.75, 3.05) is 20.3 Å². The Morgan fingerprint density at radius 2 is 2.07 bits per heavy atom. The van der Waals surface area contributed by atoms with Crippen molar-refractivity contribution in [2.45, 2.75) is 64.1 Å². The average Bonchev–Trinajstić information content (AvgIpc) is 3.11. The molecule has 30 heavy (non-hydrogen) atoms. The molecule has 2 aliphatic rings. The van der Waals surface area contributed by atoms with E-state index in [0.717, 1.165) is 30.3 Å². The van der Waals surface area contributed by atoms with E-state index in [-0.39, 0.29) is 17.9 Å². The molecule has 2 aromatic rings. The van der Waals surface area contributed by atoms with E-state index in [4.69, 9.17) is 4.74 Å². The first-order chi connectivity index (χ1) is 14.5. The third-order valence-electron chi connectivity index (χ3n) is 6.80. The number of nitrogens with one attached hydrogen (secondary N) is 1. The minimum Gasteiger partial charge on any atom is -0.385 e. The number of para-hydroxylation sites is 2. The summed E-state index contributed by atoms with van der Waals surface area (Å²) in [6.07, 6.45) is 5.16. The fourth-order valence-corrected chi connectivity index (χ4v) is 4.90. The van der Waals surface area contributed by atoms with Crippen LogP contribution in [-0.4, -0.2) is 58.1 Å². The smallest absolute Gasteiger partial charge is 0.290 e. The maximum Gasteiger partial charge on any atom is 0.290 e. The molecule has 0 spiro atoms. The van der Waals surface area contributed by atoms with Crippen molar-refractivity contribution in [3.63, 3.8) is 0 Å². The lowest BCUT2D eigenvalue weighted by molar-refractivity contribution is -0.134. The Balaban J connectivity index is 1.68. The predicted octanol–water partition coefficient (Wildman–Crippen LogP) is 2.98. The molecule has 0 bridgehead atoms. The number of benzene rings is 1. The Kier molecular flexibility index (Phi) is 5.82. The molecule has 0 radical (unpaired) electrons. The highest BCUT2D eigenvalue weighted by molar-refractivity contribution is 6.01. The molecule has 1 saturated carbocycles. The molecule has 1 fully saturated rings. The highest BCUT2D eigenvalue weighted by Crippen LogP contribution is 2.32. The number of imidazole rings is 1. The Hall–Kier alpha value is -2.41. The number of amides is 2. The molecule has 2 heterocycles. The van der Waals surface area contributed by atoms with Crippen LogP contribution in [-0.2, 0) is 16.1 Å². The van der Waals surface area contributed by atoms with Crippen molar-refractivity contribution in [2.24, 2.45) is 5.92 Å². The summed E-state index contributed by atoms with van der Waals surface area (Å²) < 4.78 is 7.10. The highest BCUT2D eigenvalue weighted by atomic mass is 16.5. The van der Waals surface area contributed by atoms with Gasteiger partial charge in [0.1, 0.15) is 5.54 Å². The highest BCUT2D eigenvalue weighted by Gasteiger charge is 2.48. The molecule has 2 amide bonds. The third kappa shape index (κ3) is 3.60. The fraction of sp³-hybridized carbons (Fsp3) is 0.609. The number of carbonyl (C=O) groups excluding carboxylic acids is 2. The first kappa shape index (κ1) is 20.8. The van der Waals surface area contributed by atoms with Crippen LogP contribution in [0.1, 0.15) is 56.6 Å². The molecule has 0 saturated heterocycles. The monoisotopic (exact) mass is 412 g/mol. The minimum absolute atomic E-state index is 0.0737. The Morgan fingerprint density at radius 1 is 1.30 bits per heavy atom. The summed E-state index contributed by atoms with van der Waals surface area (Å²) >= 11 is 0. The lowest BCUT2D eigenvalue weighted by Gasteiger charge is -2.44. The minimum atomic E-state index is -0.974. The molecule has 7 nitrogen and oxygen atoms in total. The quantitative estimate of drug-likeness (QED) is 0.740. The van der Waals surface area contributed by atoms with Gasteiger partial charge in [-0.15, -0.1) is 0 Å². The van der Waals surface area contributed by atoms with Crippen LogP contribution in [0.15, 0.2) is 24.3 Å². The van der Waals surface area contributed by atoms with E-state index in [0.29, 0.717) is 37.9 Å². The van der Waals surface area contributed by atoms with Gasteiger partial charge in [-0.1, -0.05) is 31.9 Å². The predicted molar refractivity (Wildman–Crippen MR) is 115 cm³/mol. The van der Waals surface area contributed by atoms with Crippen molar-refractivity contribution >= 4 is 22.8 Å². The Bertz CT molecular complexity index is 940. The first-order valence-electron chi connectivity index (χ1n) is 11.0. The van der Waals surface area contributed by atoms with Crippen molar-refractivity contribution in [1.29, 1.82) is 0 Å². The van der Waals surface area contributed by atoms with Gasteiger partial charge >= 0.3 is 0 Å². The van der Waals surface area contributed by atoms with Gasteiger partial charge in [-0.3, -0.25) is 9.59 Å². The summed E-state index contributed by atoms with van der Waals surface area (Å²) in [6, 6.07) is 7.89. The van der Waals surface area contributed by atoms with Crippen LogP contribution in [0.2, 0.25) is 0 Å². The number of carbonyl (C=O) groups is 2. The van der Waals surface area contributed by atoms with E-state index in [9.17, 15) is 9.59 Å². The zero-order valence-electron chi connectivity index (χ0n) is 18.2. The molecule has 1 aromatic carbocycles.